The Bertz CT molecular complexity index is 385. The van der Waals surface area contributed by atoms with E-state index in [0.29, 0.717) is 36.2 Å². The standard InChI is InChI=1S/C11H15ClN2O3/c1-3-17-11(15)8-7-14-10(12)6-9(8)13-4-5-16-2/h6-7H,3-5H2,1-2H3,(H,13,14). The summed E-state index contributed by atoms with van der Waals surface area (Å²) in [6, 6.07) is 1.59. The van der Waals surface area contributed by atoms with E-state index in [9.17, 15) is 4.79 Å². The van der Waals surface area contributed by atoms with E-state index in [1.165, 1.54) is 6.20 Å². The number of ether oxygens (including phenoxy) is 2. The third kappa shape index (κ3) is 4.20. The Morgan fingerprint density at radius 2 is 2.35 bits per heavy atom. The first-order chi connectivity index (χ1) is 8.19. The highest BCUT2D eigenvalue weighted by Crippen LogP contribution is 2.19. The van der Waals surface area contributed by atoms with Crippen LogP contribution < -0.4 is 5.32 Å². The first-order valence-electron chi connectivity index (χ1n) is 5.24. The van der Waals surface area contributed by atoms with E-state index in [-0.39, 0.29) is 0 Å². The van der Waals surface area contributed by atoms with Crippen LogP contribution in [0, 0.1) is 0 Å². The summed E-state index contributed by atoms with van der Waals surface area (Å²) >= 11 is 5.78. The van der Waals surface area contributed by atoms with Crippen LogP contribution in [0.1, 0.15) is 17.3 Å². The Labute approximate surface area is 105 Å². The molecule has 0 aromatic carbocycles. The van der Waals surface area contributed by atoms with Gasteiger partial charge in [-0.25, -0.2) is 9.78 Å². The van der Waals surface area contributed by atoms with Crippen molar-refractivity contribution >= 4 is 23.3 Å². The zero-order valence-corrected chi connectivity index (χ0v) is 10.6. The summed E-state index contributed by atoms with van der Waals surface area (Å²) in [6.07, 6.45) is 1.40. The number of nitrogens with zero attached hydrogens (tertiary/aromatic N) is 1. The predicted octanol–water partition coefficient (Wildman–Crippen LogP) is 1.97. The zero-order chi connectivity index (χ0) is 12.7. The molecule has 0 radical (unpaired) electrons. The second-order valence-corrected chi connectivity index (χ2v) is 3.58. The van der Waals surface area contributed by atoms with Crippen molar-refractivity contribution in [3.05, 3.63) is 23.0 Å². The predicted molar refractivity (Wildman–Crippen MR) is 65.6 cm³/mol. The molecule has 1 rings (SSSR count). The Hall–Kier alpha value is -1.33. The van der Waals surface area contributed by atoms with Gasteiger partial charge in [-0.2, -0.15) is 0 Å². The van der Waals surface area contributed by atoms with Gasteiger partial charge >= 0.3 is 5.97 Å². The molecule has 0 aliphatic carbocycles. The van der Waals surface area contributed by atoms with Crippen LogP contribution in [0.15, 0.2) is 12.3 Å². The minimum atomic E-state index is -0.420. The van der Waals surface area contributed by atoms with Crippen LogP contribution >= 0.6 is 11.6 Å². The van der Waals surface area contributed by atoms with Gasteiger partial charge in [0, 0.05) is 19.9 Å². The Morgan fingerprint density at radius 1 is 1.59 bits per heavy atom. The number of esters is 1. The fourth-order valence-corrected chi connectivity index (χ4v) is 1.39. The summed E-state index contributed by atoms with van der Waals surface area (Å²) < 4.78 is 9.84. The molecule has 1 N–H and O–H groups in total. The molecule has 0 saturated carbocycles. The van der Waals surface area contributed by atoms with Crippen LogP contribution in [-0.4, -0.2) is 37.8 Å². The molecular weight excluding hydrogens is 244 g/mol. The highest BCUT2D eigenvalue weighted by Gasteiger charge is 2.13. The average molecular weight is 259 g/mol. The quantitative estimate of drug-likeness (QED) is 0.480. The first-order valence-corrected chi connectivity index (χ1v) is 5.62. The molecule has 94 valence electrons. The summed E-state index contributed by atoms with van der Waals surface area (Å²) in [7, 11) is 1.60. The lowest BCUT2D eigenvalue weighted by atomic mass is 10.2. The van der Waals surface area contributed by atoms with Crippen LogP contribution in [0.4, 0.5) is 5.69 Å². The number of rotatable bonds is 6. The van der Waals surface area contributed by atoms with Gasteiger partial charge < -0.3 is 14.8 Å². The molecule has 6 heteroatoms. The molecule has 5 nitrogen and oxygen atoms in total. The summed E-state index contributed by atoms with van der Waals surface area (Å²) in [5.74, 6) is -0.420. The maximum atomic E-state index is 11.6. The Kier molecular flexibility index (Phi) is 5.72. The fourth-order valence-electron chi connectivity index (χ4n) is 1.24. The van der Waals surface area contributed by atoms with Gasteiger partial charge in [0.25, 0.3) is 0 Å². The Morgan fingerprint density at radius 3 is 3.00 bits per heavy atom. The van der Waals surface area contributed by atoms with Gasteiger partial charge in [0.1, 0.15) is 10.7 Å². The van der Waals surface area contributed by atoms with Gasteiger partial charge in [-0.15, -0.1) is 0 Å². The molecular formula is C11H15ClN2O3. The molecule has 0 aliphatic heterocycles. The molecule has 0 amide bonds. The van der Waals surface area contributed by atoms with Gasteiger partial charge in [0.05, 0.1) is 18.9 Å². The third-order valence-corrected chi connectivity index (χ3v) is 2.19. The molecule has 17 heavy (non-hydrogen) atoms. The van der Waals surface area contributed by atoms with Crippen molar-refractivity contribution in [3.63, 3.8) is 0 Å². The lowest BCUT2D eigenvalue weighted by molar-refractivity contribution is 0.0527. The van der Waals surface area contributed by atoms with Crippen molar-refractivity contribution < 1.29 is 14.3 Å². The van der Waals surface area contributed by atoms with Gasteiger partial charge in [-0.05, 0) is 13.0 Å². The second kappa shape index (κ2) is 7.09. The molecule has 0 atom stereocenters. The highest BCUT2D eigenvalue weighted by molar-refractivity contribution is 6.29. The summed E-state index contributed by atoms with van der Waals surface area (Å²) in [4.78, 5) is 15.5. The monoisotopic (exact) mass is 258 g/mol. The number of aromatic nitrogens is 1. The maximum absolute atomic E-state index is 11.6. The van der Waals surface area contributed by atoms with Crippen molar-refractivity contribution in [3.8, 4) is 0 Å². The number of pyridine rings is 1. The molecule has 1 aromatic heterocycles. The number of nitrogens with one attached hydrogen (secondary N) is 1. The first kappa shape index (κ1) is 13.7. The third-order valence-electron chi connectivity index (χ3n) is 1.99. The number of carbonyl (C=O) groups excluding carboxylic acids is 1. The van der Waals surface area contributed by atoms with E-state index in [1.54, 1.807) is 20.1 Å². The molecule has 0 fully saturated rings. The van der Waals surface area contributed by atoms with Gasteiger partial charge in [0.15, 0.2) is 0 Å². The van der Waals surface area contributed by atoms with E-state index >= 15 is 0 Å². The average Bonchev–Trinajstić information content (AvgIpc) is 2.30. The number of anilines is 1. The van der Waals surface area contributed by atoms with E-state index in [0.717, 1.165) is 0 Å². The topological polar surface area (TPSA) is 60.5 Å². The molecule has 0 bridgehead atoms. The van der Waals surface area contributed by atoms with Crippen LogP contribution in [0.3, 0.4) is 0 Å². The van der Waals surface area contributed by atoms with Gasteiger partial charge in [-0.3, -0.25) is 0 Å². The molecule has 1 aromatic rings. The fraction of sp³-hybridized carbons (Fsp3) is 0.455. The molecule has 0 unspecified atom stereocenters. The Balaban J connectivity index is 2.83. The lowest BCUT2D eigenvalue weighted by Gasteiger charge is -2.10. The highest BCUT2D eigenvalue weighted by atomic mass is 35.5. The molecule has 1 heterocycles. The van der Waals surface area contributed by atoms with Crippen molar-refractivity contribution in [1.29, 1.82) is 0 Å². The maximum Gasteiger partial charge on any atom is 0.341 e. The largest absolute Gasteiger partial charge is 0.462 e. The van der Waals surface area contributed by atoms with E-state index in [2.05, 4.69) is 10.3 Å². The minimum absolute atomic E-state index is 0.318. The number of hydrogen-bond donors (Lipinski definition) is 1. The normalized spacial score (nSPS) is 10.1. The van der Waals surface area contributed by atoms with Gasteiger partial charge in [-0.1, -0.05) is 11.6 Å². The van der Waals surface area contributed by atoms with E-state index in [4.69, 9.17) is 21.1 Å². The second-order valence-electron chi connectivity index (χ2n) is 3.19. The smallest absolute Gasteiger partial charge is 0.341 e. The van der Waals surface area contributed by atoms with Crippen molar-refractivity contribution in [1.82, 2.24) is 4.98 Å². The van der Waals surface area contributed by atoms with Crippen molar-refractivity contribution in [2.24, 2.45) is 0 Å². The van der Waals surface area contributed by atoms with Crippen LogP contribution in [0.2, 0.25) is 5.15 Å². The van der Waals surface area contributed by atoms with E-state index < -0.39 is 5.97 Å². The van der Waals surface area contributed by atoms with E-state index in [1.807, 2.05) is 0 Å². The molecule has 0 aliphatic rings. The number of methoxy groups -OCH3 is 1. The number of carbonyl (C=O) groups is 1. The zero-order valence-electron chi connectivity index (χ0n) is 9.83. The number of halogens is 1. The molecule has 0 spiro atoms. The summed E-state index contributed by atoms with van der Waals surface area (Å²) in [6.45, 7) is 3.17. The van der Waals surface area contributed by atoms with Crippen molar-refractivity contribution in [2.75, 3.05) is 32.2 Å². The SMILES string of the molecule is CCOC(=O)c1cnc(Cl)cc1NCCOC. The van der Waals surface area contributed by atoms with Crippen LogP contribution in [0.5, 0.6) is 0 Å². The van der Waals surface area contributed by atoms with Crippen LogP contribution in [0.25, 0.3) is 0 Å². The number of hydrogen-bond acceptors (Lipinski definition) is 5. The molecule has 0 saturated heterocycles. The summed E-state index contributed by atoms with van der Waals surface area (Å²) in [5.41, 5.74) is 0.966. The van der Waals surface area contributed by atoms with Crippen molar-refractivity contribution in [2.45, 2.75) is 6.92 Å². The van der Waals surface area contributed by atoms with Crippen LogP contribution in [-0.2, 0) is 9.47 Å². The lowest BCUT2D eigenvalue weighted by Crippen LogP contribution is -2.13. The summed E-state index contributed by atoms with van der Waals surface area (Å²) in [5, 5.41) is 3.36. The van der Waals surface area contributed by atoms with Gasteiger partial charge in [0.2, 0.25) is 0 Å². The minimum Gasteiger partial charge on any atom is -0.462 e.